The van der Waals surface area contributed by atoms with Crippen molar-refractivity contribution in [3.63, 3.8) is 0 Å². The fourth-order valence-electron chi connectivity index (χ4n) is 1.30. The van der Waals surface area contributed by atoms with Crippen LogP contribution in [0.15, 0.2) is 16.0 Å². The summed E-state index contributed by atoms with van der Waals surface area (Å²) in [4.78, 5) is 12.9. The van der Waals surface area contributed by atoms with E-state index in [2.05, 4.69) is 37.8 Å². The van der Waals surface area contributed by atoms with Crippen LogP contribution in [-0.4, -0.2) is 15.0 Å². The lowest BCUT2D eigenvalue weighted by molar-refractivity contribution is 0.867. The summed E-state index contributed by atoms with van der Waals surface area (Å²) in [6.07, 6.45) is 3.63. The van der Waals surface area contributed by atoms with Crippen LogP contribution in [0, 0.1) is 0 Å². The van der Waals surface area contributed by atoms with Gasteiger partial charge in [-0.3, -0.25) is 0 Å². The van der Waals surface area contributed by atoms with Crippen LogP contribution >= 0.6 is 38.9 Å². The molecule has 0 radical (unpaired) electrons. The summed E-state index contributed by atoms with van der Waals surface area (Å²) in [5, 5.41) is 3.14. The maximum Gasteiger partial charge on any atom is 0.190 e. The van der Waals surface area contributed by atoms with Crippen molar-refractivity contribution in [2.24, 2.45) is 0 Å². The summed E-state index contributed by atoms with van der Waals surface area (Å²) < 4.78 is 0.788. The third-order valence-corrected chi connectivity index (χ3v) is 4.09. The van der Waals surface area contributed by atoms with Crippen LogP contribution < -0.4 is 0 Å². The number of hydrogen-bond donors (Lipinski definition) is 0. The lowest BCUT2D eigenvalue weighted by Crippen LogP contribution is -1.98. The first kappa shape index (κ1) is 12.0. The molecule has 0 saturated carbocycles. The van der Waals surface area contributed by atoms with Gasteiger partial charge in [0.2, 0.25) is 0 Å². The van der Waals surface area contributed by atoms with Crippen LogP contribution in [0.3, 0.4) is 0 Å². The Labute approximate surface area is 111 Å². The summed E-state index contributed by atoms with van der Waals surface area (Å²) >= 11 is 11.0. The SMILES string of the molecule is CCCc1nc(-c2nccs2)nc(Cl)c1Br. The van der Waals surface area contributed by atoms with Gasteiger partial charge < -0.3 is 0 Å². The minimum atomic E-state index is 0.448. The van der Waals surface area contributed by atoms with Gasteiger partial charge in [0, 0.05) is 11.6 Å². The van der Waals surface area contributed by atoms with Crippen LogP contribution in [-0.2, 0) is 6.42 Å². The van der Waals surface area contributed by atoms with Crippen molar-refractivity contribution in [2.45, 2.75) is 19.8 Å². The zero-order chi connectivity index (χ0) is 11.5. The Morgan fingerprint density at radius 3 is 2.88 bits per heavy atom. The zero-order valence-corrected chi connectivity index (χ0v) is 11.7. The van der Waals surface area contributed by atoms with Crippen LogP contribution in [0.5, 0.6) is 0 Å². The Bertz CT molecular complexity index is 487. The summed E-state index contributed by atoms with van der Waals surface area (Å²) in [7, 11) is 0. The van der Waals surface area contributed by atoms with E-state index < -0.39 is 0 Å². The molecule has 3 nitrogen and oxygen atoms in total. The number of halogens is 2. The van der Waals surface area contributed by atoms with E-state index in [4.69, 9.17) is 11.6 Å². The smallest absolute Gasteiger partial charge is 0.190 e. The monoisotopic (exact) mass is 317 g/mol. The molecule has 0 unspecified atom stereocenters. The van der Waals surface area contributed by atoms with Gasteiger partial charge >= 0.3 is 0 Å². The van der Waals surface area contributed by atoms with E-state index in [0.717, 1.165) is 28.0 Å². The van der Waals surface area contributed by atoms with E-state index in [1.54, 1.807) is 6.20 Å². The highest BCUT2D eigenvalue weighted by Gasteiger charge is 2.12. The van der Waals surface area contributed by atoms with Crippen molar-refractivity contribution in [2.75, 3.05) is 0 Å². The molecule has 2 aromatic heterocycles. The molecule has 0 bridgehead atoms. The fraction of sp³-hybridized carbons (Fsp3) is 0.300. The minimum absolute atomic E-state index is 0.448. The lowest BCUT2D eigenvalue weighted by Gasteiger charge is -2.05. The van der Waals surface area contributed by atoms with Crippen molar-refractivity contribution in [3.8, 4) is 10.8 Å². The van der Waals surface area contributed by atoms with Crippen LogP contribution in [0.25, 0.3) is 10.8 Å². The van der Waals surface area contributed by atoms with Gasteiger partial charge in [-0.1, -0.05) is 24.9 Å². The summed E-state index contributed by atoms with van der Waals surface area (Å²) in [5.74, 6) is 0.603. The van der Waals surface area contributed by atoms with Gasteiger partial charge in [-0.2, -0.15) is 0 Å². The molecule has 2 heterocycles. The number of aryl methyl sites for hydroxylation is 1. The van der Waals surface area contributed by atoms with E-state index in [-0.39, 0.29) is 0 Å². The average molecular weight is 319 g/mol. The molecular formula is C10H9BrClN3S. The third kappa shape index (κ3) is 2.42. The van der Waals surface area contributed by atoms with E-state index in [1.165, 1.54) is 11.3 Å². The van der Waals surface area contributed by atoms with Gasteiger partial charge in [0.15, 0.2) is 10.8 Å². The van der Waals surface area contributed by atoms with Gasteiger partial charge in [-0.15, -0.1) is 11.3 Å². The Balaban J connectivity index is 2.48. The number of rotatable bonds is 3. The van der Waals surface area contributed by atoms with Gasteiger partial charge in [-0.25, -0.2) is 15.0 Å². The Hall–Kier alpha value is -0.520. The molecular weight excluding hydrogens is 310 g/mol. The van der Waals surface area contributed by atoms with Crippen LogP contribution in [0.2, 0.25) is 5.15 Å². The average Bonchev–Trinajstić information content (AvgIpc) is 2.78. The second-order valence-electron chi connectivity index (χ2n) is 3.19. The molecule has 16 heavy (non-hydrogen) atoms. The van der Waals surface area contributed by atoms with Gasteiger partial charge in [0.25, 0.3) is 0 Å². The number of nitrogens with zero attached hydrogens (tertiary/aromatic N) is 3. The Morgan fingerprint density at radius 1 is 1.44 bits per heavy atom. The van der Waals surface area contributed by atoms with Gasteiger partial charge in [-0.05, 0) is 22.4 Å². The first-order valence-corrected chi connectivity index (χ1v) is 6.89. The lowest BCUT2D eigenvalue weighted by atomic mass is 10.2. The van der Waals surface area contributed by atoms with Crippen LogP contribution in [0.4, 0.5) is 0 Å². The zero-order valence-electron chi connectivity index (χ0n) is 8.57. The van der Waals surface area contributed by atoms with Crippen molar-refractivity contribution < 1.29 is 0 Å². The molecule has 2 rings (SSSR count). The summed E-state index contributed by atoms with van der Waals surface area (Å²) in [6.45, 7) is 2.10. The molecule has 0 fully saturated rings. The number of aromatic nitrogens is 3. The molecule has 6 heteroatoms. The highest BCUT2D eigenvalue weighted by molar-refractivity contribution is 9.10. The molecule has 0 atom stereocenters. The normalized spacial score (nSPS) is 10.7. The molecule has 0 saturated heterocycles. The Kier molecular flexibility index (Phi) is 3.89. The second kappa shape index (κ2) is 5.21. The molecule has 0 N–H and O–H groups in total. The number of hydrogen-bond acceptors (Lipinski definition) is 4. The predicted octanol–water partition coefficient (Wildman–Crippen LogP) is 3.97. The molecule has 0 aromatic carbocycles. The van der Waals surface area contributed by atoms with Crippen molar-refractivity contribution >= 4 is 38.9 Å². The Morgan fingerprint density at radius 2 is 2.25 bits per heavy atom. The largest absolute Gasteiger partial charge is 0.241 e. The maximum absolute atomic E-state index is 6.05. The van der Waals surface area contributed by atoms with Crippen LogP contribution in [0.1, 0.15) is 19.0 Å². The second-order valence-corrected chi connectivity index (χ2v) is 5.23. The van der Waals surface area contributed by atoms with Crippen molar-refractivity contribution in [3.05, 3.63) is 26.9 Å². The standard InChI is InChI=1S/C10H9BrClN3S/c1-2-3-6-7(11)8(12)15-9(14-6)10-13-4-5-16-10/h4-5H,2-3H2,1H3. The fourth-order valence-corrected chi connectivity index (χ4v) is 2.43. The summed E-state index contributed by atoms with van der Waals surface area (Å²) in [6, 6.07) is 0. The summed E-state index contributed by atoms with van der Waals surface area (Å²) in [5.41, 5.74) is 0.938. The predicted molar refractivity (Wildman–Crippen MR) is 69.8 cm³/mol. The first-order valence-electron chi connectivity index (χ1n) is 4.84. The third-order valence-electron chi connectivity index (χ3n) is 1.99. The topological polar surface area (TPSA) is 38.7 Å². The molecule has 0 aliphatic carbocycles. The highest BCUT2D eigenvalue weighted by atomic mass is 79.9. The maximum atomic E-state index is 6.05. The van der Waals surface area contributed by atoms with Gasteiger partial charge in [0.1, 0.15) is 5.15 Å². The van der Waals surface area contributed by atoms with E-state index in [0.29, 0.717) is 11.0 Å². The molecule has 0 aliphatic rings. The highest BCUT2D eigenvalue weighted by Crippen LogP contribution is 2.28. The quantitative estimate of drug-likeness (QED) is 0.804. The van der Waals surface area contributed by atoms with Gasteiger partial charge in [0.05, 0.1) is 10.2 Å². The minimum Gasteiger partial charge on any atom is -0.241 e. The first-order chi connectivity index (χ1) is 7.72. The van der Waals surface area contributed by atoms with Crippen molar-refractivity contribution in [1.82, 2.24) is 15.0 Å². The van der Waals surface area contributed by atoms with Crippen molar-refractivity contribution in [1.29, 1.82) is 0 Å². The molecule has 0 aliphatic heterocycles. The van der Waals surface area contributed by atoms with E-state index >= 15 is 0 Å². The molecule has 2 aromatic rings. The number of thiazole rings is 1. The van der Waals surface area contributed by atoms with E-state index in [9.17, 15) is 0 Å². The van der Waals surface area contributed by atoms with E-state index in [1.807, 2.05) is 5.38 Å². The molecule has 84 valence electrons. The molecule has 0 amide bonds. The molecule has 0 spiro atoms.